The molecule has 0 radical (unpaired) electrons. The molecule has 4 N–H and O–H groups in total. The summed E-state index contributed by atoms with van der Waals surface area (Å²) in [6.07, 6.45) is 0.166. The number of hydrogen-bond acceptors (Lipinski definition) is 12. The molecule has 230 valence electrons. The van der Waals surface area contributed by atoms with Gasteiger partial charge in [-0.05, 0) is 37.6 Å². The molecule has 15 heteroatoms. The van der Waals surface area contributed by atoms with Gasteiger partial charge in [0.15, 0.2) is 17.7 Å². The number of aliphatic hydroxyl groups excluding tert-OH is 1. The molecule has 1 saturated heterocycles. The molecule has 2 aliphatic heterocycles. The van der Waals surface area contributed by atoms with E-state index in [1.165, 1.54) is 25.5 Å². The summed E-state index contributed by atoms with van der Waals surface area (Å²) in [6.45, 7) is 5.83. The topological polar surface area (TPSA) is 186 Å². The molecule has 1 fully saturated rings. The van der Waals surface area contributed by atoms with Gasteiger partial charge in [0.25, 0.3) is 5.69 Å². The number of amides is 2. The zero-order valence-electron chi connectivity index (χ0n) is 24.0. The second-order valence-electron chi connectivity index (χ2n) is 9.51. The minimum atomic E-state index is -1.24. The summed E-state index contributed by atoms with van der Waals surface area (Å²) in [5.41, 5.74) is 4.92. The summed E-state index contributed by atoms with van der Waals surface area (Å²) in [4.78, 5) is 37.5. The van der Waals surface area contributed by atoms with Crippen LogP contribution in [0.5, 0.6) is 11.5 Å². The molecule has 2 aliphatic rings. The Morgan fingerprint density at radius 3 is 2.72 bits per heavy atom. The van der Waals surface area contributed by atoms with Crippen molar-refractivity contribution in [3.05, 3.63) is 68.9 Å². The maximum Gasteiger partial charge on any atom is 0.337 e. The number of benzene rings is 2. The zero-order chi connectivity index (χ0) is 30.9. The molecule has 2 atom stereocenters. The van der Waals surface area contributed by atoms with Crippen molar-refractivity contribution in [3.63, 3.8) is 0 Å². The summed E-state index contributed by atoms with van der Waals surface area (Å²) in [5, 5.41) is 31.2. The number of esters is 1. The first-order valence-corrected chi connectivity index (χ1v) is 13.6. The van der Waals surface area contributed by atoms with Gasteiger partial charge in [0.2, 0.25) is 0 Å². The molecule has 2 heterocycles. The number of aliphatic hydroxyl groups is 1. The van der Waals surface area contributed by atoms with Gasteiger partial charge < -0.3 is 39.6 Å². The van der Waals surface area contributed by atoms with Crippen molar-refractivity contribution < 1.29 is 38.6 Å². The van der Waals surface area contributed by atoms with Gasteiger partial charge in [0.1, 0.15) is 6.61 Å². The number of ether oxygens (including phenoxy) is 4. The second-order valence-corrected chi connectivity index (χ2v) is 9.51. The van der Waals surface area contributed by atoms with Gasteiger partial charge in [-0.1, -0.05) is 6.07 Å². The molecule has 2 aromatic carbocycles. The van der Waals surface area contributed by atoms with E-state index in [-0.39, 0.29) is 17.9 Å². The first-order chi connectivity index (χ1) is 20.7. The third-order valence-corrected chi connectivity index (χ3v) is 6.67. The average molecular weight is 599 g/mol. The summed E-state index contributed by atoms with van der Waals surface area (Å²) < 4.78 is 21.8. The first-order valence-electron chi connectivity index (χ1n) is 13.6. The van der Waals surface area contributed by atoms with Crippen molar-refractivity contribution in [1.82, 2.24) is 16.1 Å². The van der Waals surface area contributed by atoms with Crippen molar-refractivity contribution in [2.45, 2.75) is 26.1 Å². The number of anilines is 1. The van der Waals surface area contributed by atoms with Crippen LogP contribution in [-0.2, 0) is 14.3 Å². The van der Waals surface area contributed by atoms with Gasteiger partial charge in [-0.25, -0.2) is 9.59 Å². The average Bonchev–Trinajstić information content (AvgIpc) is 3.00. The Bertz CT molecular complexity index is 1410. The Balaban J connectivity index is 1.45. The van der Waals surface area contributed by atoms with Gasteiger partial charge in [-0.2, -0.15) is 5.10 Å². The number of hydrogen-bond donors (Lipinski definition) is 4. The lowest BCUT2D eigenvalue weighted by atomic mass is 9.95. The van der Waals surface area contributed by atoms with Crippen molar-refractivity contribution in [3.8, 4) is 11.5 Å². The van der Waals surface area contributed by atoms with E-state index in [4.69, 9.17) is 18.9 Å². The molecule has 0 aromatic heterocycles. The summed E-state index contributed by atoms with van der Waals surface area (Å²) >= 11 is 0. The Kier molecular flexibility index (Phi) is 10.3. The standard InChI is InChI=1S/C28H34N6O9/c1-4-42-23-14-18(26-25(27(36)40-3)17(2)30-28(37)31-26)5-8-22(23)43-16-24(35)32-29-15-19-13-20(34(38)39)6-7-21(19)33-9-11-41-12-10-33/h5-8,13-15,24,26,32,35H,4,9-12,16H2,1-3H3,(H2,30,31,37)/b29-15-/t24-,26+/m0/s1. The van der Waals surface area contributed by atoms with E-state index in [2.05, 4.69) is 21.2 Å². The fourth-order valence-corrected chi connectivity index (χ4v) is 4.67. The minimum Gasteiger partial charge on any atom is -0.490 e. The van der Waals surface area contributed by atoms with E-state index in [0.717, 1.165) is 5.69 Å². The molecule has 0 unspecified atom stereocenters. The van der Waals surface area contributed by atoms with E-state index in [1.807, 2.05) is 4.90 Å². The third kappa shape index (κ3) is 7.69. The van der Waals surface area contributed by atoms with E-state index >= 15 is 0 Å². The quantitative estimate of drug-likeness (QED) is 0.0920. The Hall–Kier alpha value is -4.89. The number of allylic oxidation sites excluding steroid dienone is 1. The number of hydrazone groups is 1. The number of non-ortho nitro benzene ring substituents is 1. The number of urea groups is 1. The number of carbonyl (C=O) groups is 2. The summed E-state index contributed by atoms with van der Waals surface area (Å²) in [5.74, 6) is 0.0478. The molecule has 0 bridgehead atoms. The SMILES string of the molecule is CCOc1cc([C@H]2NC(=O)NC(C)=C2C(=O)OC)ccc1OC[C@H](O)N/N=C\c1cc([N+](=O)[O-])ccc1N1CCOCC1. The van der Waals surface area contributed by atoms with Gasteiger partial charge >= 0.3 is 12.0 Å². The van der Waals surface area contributed by atoms with E-state index in [0.29, 0.717) is 61.2 Å². The van der Waals surface area contributed by atoms with Crippen LogP contribution in [0.1, 0.15) is 31.0 Å². The number of rotatable bonds is 12. The predicted molar refractivity (Wildman–Crippen MR) is 155 cm³/mol. The lowest BCUT2D eigenvalue weighted by Crippen LogP contribution is -2.45. The monoisotopic (exact) mass is 598 g/mol. The van der Waals surface area contributed by atoms with Crippen molar-refractivity contribution in [2.24, 2.45) is 5.10 Å². The number of nitro benzene ring substituents is 1. The van der Waals surface area contributed by atoms with Gasteiger partial charge in [0, 0.05) is 42.2 Å². The van der Waals surface area contributed by atoms with Crippen LogP contribution >= 0.6 is 0 Å². The minimum absolute atomic E-state index is 0.0809. The molecule has 43 heavy (non-hydrogen) atoms. The maximum atomic E-state index is 12.4. The molecule has 15 nitrogen and oxygen atoms in total. The molecular formula is C28H34N6O9. The number of nitrogens with zero attached hydrogens (tertiary/aromatic N) is 3. The maximum absolute atomic E-state index is 12.4. The highest BCUT2D eigenvalue weighted by Crippen LogP contribution is 2.35. The van der Waals surface area contributed by atoms with Gasteiger partial charge in [0.05, 0.1) is 49.7 Å². The van der Waals surface area contributed by atoms with Crippen LogP contribution in [0.25, 0.3) is 0 Å². The third-order valence-electron chi connectivity index (χ3n) is 6.67. The van der Waals surface area contributed by atoms with Crippen LogP contribution < -0.4 is 30.4 Å². The molecule has 2 aromatic rings. The molecule has 0 spiro atoms. The van der Waals surface area contributed by atoms with Crippen LogP contribution in [0, 0.1) is 10.1 Å². The second kappa shape index (κ2) is 14.3. The highest BCUT2D eigenvalue weighted by atomic mass is 16.6. The fourth-order valence-electron chi connectivity index (χ4n) is 4.67. The molecule has 2 amide bonds. The lowest BCUT2D eigenvalue weighted by molar-refractivity contribution is -0.384. The Morgan fingerprint density at radius 2 is 2.02 bits per heavy atom. The normalized spacial score (nSPS) is 17.6. The number of nitrogens with one attached hydrogen (secondary N) is 3. The smallest absolute Gasteiger partial charge is 0.337 e. The van der Waals surface area contributed by atoms with Crippen LogP contribution in [-0.4, -0.2) is 81.1 Å². The molecule has 0 aliphatic carbocycles. The van der Waals surface area contributed by atoms with Crippen LogP contribution in [0.3, 0.4) is 0 Å². The van der Waals surface area contributed by atoms with Crippen molar-refractivity contribution in [2.75, 3.05) is 51.5 Å². The number of carbonyl (C=O) groups excluding carboxylic acids is 2. The van der Waals surface area contributed by atoms with Crippen molar-refractivity contribution in [1.29, 1.82) is 0 Å². The summed E-state index contributed by atoms with van der Waals surface area (Å²) in [6, 6.07) is 8.18. The number of methoxy groups -OCH3 is 1. The van der Waals surface area contributed by atoms with Crippen LogP contribution in [0.4, 0.5) is 16.2 Å². The van der Waals surface area contributed by atoms with Crippen LogP contribution in [0.15, 0.2) is 52.8 Å². The van der Waals surface area contributed by atoms with E-state index < -0.39 is 29.2 Å². The molecular weight excluding hydrogens is 564 g/mol. The van der Waals surface area contributed by atoms with Gasteiger partial charge in [-0.15, -0.1) is 0 Å². The molecule has 4 rings (SSSR count). The largest absolute Gasteiger partial charge is 0.490 e. The number of nitro groups is 1. The van der Waals surface area contributed by atoms with Gasteiger partial charge in [-0.3, -0.25) is 15.5 Å². The predicted octanol–water partition coefficient (Wildman–Crippen LogP) is 1.95. The van der Waals surface area contributed by atoms with E-state index in [1.54, 1.807) is 38.1 Å². The highest BCUT2D eigenvalue weighted by molar-refractivity contribution is 5.95. The zero-order valence-corrected chi connectivity index (χ0v) is 24.0. The lowest BCUT2D eigenvalue weighted by Gasteiger charge is -2.29. The van der Waals surface area contributed by atoms with Crippen LogP contribution in [0.2, 0.25) is 0 Å². The first kappa shape index (κ1) is 31.1. The number of morpholine rings is 1. The van der Waals surface area contributed by atoms with E-state index in [9.17, 15) is 24.8 Å². The Labute approximate surface area is 247 Å². The Morgan fingerprint density at radius 1 is 1.26 bits per heavy atom. The summed E-state index contributed by atoms with van der Waals surface area (Å²) in [7, 11) is 1.26. The van der Waals surface area contributed by atoms with Crippen molar-refractivity contribution >= 4 is 29.6 Å². The fraction of sp³-hybridized carbons (Fsp3) is 0.393. The highest BCUT2D eigenvalue weighted by Gasteiger charge is 2.32. The molecule has 0 saturated carbocycles.